The van der Waals surface area contributed by atoms with Gasteiger partial charge in [-0.3, -0.25) is 14.7 Å². The van der Waals surface area contributed by atoms with Crippen LogP contribution in [0.25, 0.3) is 0 Å². The molecule has 0 amide bonds. The summed E-state index contributed by atoms with van der Waals surface area (Å²) in [7, 11) is 0. The molecule has 0 spiro atoms. The molecule has 1 aliphatic rings. The number of aliphatic carboxylic acids is 2. The SMILES string of the molecule is CC=CCc1c(C)nc(NCCCOc2cccc(CN3CCCC(C)C3)c2)[nH]c1=O.O=C(O)/C=C\C(=O)O. The topological polar surface area (TPSA) is 145 Å². The van der Waals surface area contributed by atoms with Crippen LogP contribution in [0.2, 0.25) is 0 Å². The third-order valence-corrected chi connectivity index (χ3v) is 6.08. The highest BCUT2D eigenvalue weighted by atomic mass is 16.5. The minimum atomic E-state index is -1.26. The Balaban J connectivity index is 0.000000580. The zero-order valence-electron chi connectivity index (χ0n) is 23.0. The fourth-order valence-electron chi connectivity index (χ4n) is 4.20. The molecule has 1 unspecified atom stereocenters. The van der Waals surface area contributed by atoms with Crippen LogP contribution in [0.3, 0.4) is 0 Å². The number of ether oxygens (including phenoxy) is 1. The second-order valence-electron chi connectivity index (χ2n) is 9.52. The van der Waals surface area contributed by atoms with Crippen molar-refractivity contribution in [2.75, 3.05) is 31.6 Å². The molecular weight excluding hydrogens is 500 g/mol. The Hall–Kier alpha value is -3.92. The van der Waals surface area contributed by atoms with Gasteiger partial charge < -0.3 is 20.3 Å². The van der Waals surface area contributed by atoms with Gasteiger partial charge in [-0.15, -0.1) is 0 Å². The van der Waals surface area contributed by atoms with Crippen molar-refractivity contribution in [3.63, 3.8) is 0 Å². The molecule has 0 radical (unpaired) electrons. The lowest BCUT2D eigenvalue weighted by Gasteiger charge is -2.30. The molecule has 1 saturated heterocycles. The van der Waals surface area contributed by atoms with Crippen molar-refractivity contribution in [2.24, 2.45) is 5.92 Å². The van der Waals surface area contributed by atoms with Gasteiger partial charge >= 0.3 is 11.9 Å². The van der Waals surface area contributed by atoms with Crippen LogP contribution in [0.1, 0.15) is 49.9 Å². The molecule has 1 fully saturated rings. The Morgan fingerprint density at radius 2 is 2.00 bits per heavy atom. The first-order chi connectivity index (χ1) is 18.7. The number of aromatic nitrogens is 2. The molecule has 1 atom stereocenters. The molecule has 1 aromatic heterocycles. The summed E-state index contributed by atoms with van der Waals surface area (Å²) in [6, 6.07) is 8.42. The van der Waals surface area contributed by atoms with Gasteiger partial charge in [-0.05, 0) is 69.7 Å². The van der Waals surface area contributed by atoms with Gasteiger partial charge in [0.05, 0.1) is 12.3 Å². The van der Waals surface area contributed by atoms with Gasteiger partial charge in [0.1, 0.15) is 5.75 Å². The van der Waals surface area contributed by atoms with Crippen LogP contribution < -0.4 is 15.6 Å². The summed E-state index contributed by atoms with van der Waals surface area (Å²) in [6.45, 7) is 10.8. The van der Waals surface area contributed by atoms with Crippen molar-refractivity contribution < 1.29 is 24.5 Å². The number of anilines is 1. The van der Waals surface area contributed by atoms with E-state index in [1.807, 2.05) is 32.1 Å². The lowest BCUT2D eigenvalue weighted by molar-refractivity contribution is -0.134. The van der Waals surface area contributed by atoms with Crippen LogP contribution in [-0.2, 0) is 22.6 Å². The van der Waals surface area contributed by atoms with Crippen LogP contribution in [0.4, 0.5) is 5.95 Å². The van der Waals surface area contributed by atoms with E-state index in [2.05, 4.69) is 45.3 Å². The van der Waals surface area contributed by atoms with Crippen molar-refractivity contribution in [3.8, 4) is 5.75 Å². The van der Waals surface area contributed by atoms with Gasteiger partial charge in [0.25, 0.3) is 5.56 Å². The van der Waals surface area contributed by atoms with Gasteiger partial charge in [0.15, 0.2) is 0 Å². The molecule has 39 heavy (non-hydrogen) atoms. The minimum absolute atomic E-state index is 0.0794. The molecule has 3 rings (SSSR count). The highest BCUT2D eigenvalue weighted by molar-refractivity contribution is 5.89. The summed E-state index contributed by atoms with van der Waals surface area (Å²) >= 11 is 0. The lowest BCUT2D eigenvalue weighted by Crippen LogP contribution is -2.33. The van der Waals surface area contributed by atoms with E-state index in [4.69, 9.17) is 14.9 Å². The monoisotopic (exact) mass is 540 g/mol. The molecule has 212 valence electrons. The van der Waals surface area contributed by atoms with Crippen molar-refractivity contribution in [2.45, 2.75) is 53.0 Å². The number of hydrogen-bond acceptors (Lipinski definition) is 7. The van der Waals surface area contributed by atoms with Gasteiger partial charge in [0.2, 0.25) is 5.95 Å². The number of benzene rings is 1. The van der Waals surface area contributed by atoms with Crippen molar-refractivity contribution in [1.82, 2.24) is 14.9 Å². The Labute approximate surface area is 229 Å². The third kappa shape index (κ3) is 12.4. The number of H-pyrrole nitrogens is 1. The first kappa shape index (κ1) is 31.3. The van der Waals surface area contributed by atoms with Crippen molar-refractivity contribution in [1.29, 1.82) is 0 Å². The zero-order chi connectivity index (χ0) is 28.6. The van der Waals surface area contributed by atoms with Crippen LogP contribution in [0, 0.1) is 12.8 Å². The second kappa shape index (κ2) is 16.8. The van der Waals surface area contributed by atoms with Crippen LogP contribution in [0.15, 0.2) is 53.4 Å². The van der Waals surface area contributed by atoms with Crippen LogP contribution >= 0.6 is 0 Å². The molecule has 1 aliphatic heterocycles. The fraction of sp³-hybridized carbons (Fsp3) is 0.448. The molecule has 0 aliphatic carbocycles. The van der Waals surface area contributed by atoms with Gasteiger partial charge in [-0.2, -0.15) is 0 Å². The Bertz CT molecular complexity index is 1170. The molecule has 0 saturated carbocycles. The number of nitrogens with zero attached hydrogens (tertiary/aromatic N) is 2. The van der Waals surface area contributed by atoms with E-state index in [-0.39, 0.29) is 5.56 Å². The first-order valence-corrected chi connectivity index (χ1v) is 13.2. The molecule has 4 N–H and O–H groups in total. The molecular formula is C29H40N4O6. The smallest absolute Gasteiger partial charge is 0.328 e. The maximum atomic E-state index is 12.2. The summed E-state index contributed by atoms with van der Waals surface area (Å²) in [5.41, 5.74) is 2.70. The lowest BCUT2D eigenvalue weighted by atomic mass is 10.00. The molecule has 2 heterocycles. The summed E-state index contributed by atoms with van der Waals surface area (Å²) in [4.78, 5) is 41.2. The highest BCUT2D eigenvalue weighted by Gasteiger charge is 2.16. The Kier molecular flexibility index (Phi) is 13.5. The quantitative estimate of drug-likeness (QED) is 0.178. The highest BCUT2D eigenvalue weighted by Crippen LogP contribution is 2.20. The van der Waals surface area contributed by atoms with E-state index >= 15 is 0 Å². The van der Waals surface area contributed by atoms with E-state index in [0.29, 0.717) is 43.2 Å². The predicted octanol–water partition coefficient (Wildman–Crippen LogP) is 4.02. The van der Waals surface area contributed by atoms with Gasteiger partial charge in [0, 0.05) is 37.3 Å². The van der Waals surface area contributed by atoms with Crippen molar-refractivity contribution >= 4 is 17.9 Å². The van der Waals surface area contributed by atoms with Crippen molar-refractivity contribution in [3.05, 3.63) is 75.7 Å². The molecule has 1 aromatic carbocycles. The maximum absolute atomic E-state index is 12.2. The fourth-order valence-corrected chi connectivity index (χ4v) is 4.20. The average molecular weight is 541 g/mol. The van der Waals surface area contributed by atoms with E-state index in [1.54, 1.807) is 0 Å². The molecule has 10 nitrogen and oxygen atoms in total. The summed E-state index contributed by atoms with van der Waals surface area (Å²) in [5.74, 6) is -0.291. The molecule has 2 aromatic rings. The minimum Gasteiger partial charge on any atom is -0.494 e. The molecule has 10 heteroatoms. The average Bonchev–Trinajstić information content (AvgIpc) is 2.87. The summed E-state index contributed by atoms with van der Waals surface area (Å²) in [6.07, 6.45) is 9.08. The number of carboxylic acids is 2. The number of aromatic amines is 1. The number of rotatable bonds is 12. The number of piperidine rings is 1. The summed E-state index contributed by atoms with van der Waals surface area (Å²) < 4.78 is 5.95. The number of carbonyl (C=O) groups is 2. The summed E-state index contributed by atoms with van der Waals surface area (Å²) in [5, 5.41) is 18.8. The van der Waals surface area contributed by atoms with E-state index < -0.39 is 11.9 Å². The first-order valence-electron chi connectivity index (χ1n) is 13.2. The standard InChI is InChI=1S/C25H36N4O2.C4H4O4/c1-4-5-12-23-20(3)27-25(28-24(23)30)26-13-8-15-31-22-11-6-10-21(16-22)18-29-14-7-9-19(2)17-29;5-3(6)1-2-4(7)8/h4-6,10-11,16,19H,7-9,12-15,17-18H2,1-3H3,(H2,26,27,28,30);1-2H,(H,5,6)(H,7,8)/b;2-1-. The Morgan fingerprint density at radius 3 is 2.64 bits per heavy atom. The zero-order valence-corrected chi connectivity index (χ0v) is 23.0. The van der Waals surface area contributed by atoms with E-state index in [9.17, 15) is 14.4 Å². The predicted molar refractivity (Wildman–Crippen MR) is 151 cm³/mol. The number of allylic oxidation sites excluding steroid dienone is 2. The number of nitrogens with one attached hydrogen (secondary N) is 2. The van der Waals surface area contributed by atoms with E-state index in [0.717, 1.165) is 30.3 Å². The van der Waals surface area contributed by atoms with E-state index in [1.165, 1.54) is 31.5 Å². The number of hydrogen-bond donors (Lipinski definition) is 4. The van der Waals surface area contributed by atoms with Gasteiger partial charge in [-0.25, -0.2) is 14.6 Å². The normalized spacial score (nSPS) is 15.6. The van der Waals surface area contributed by atoms with Crippen LogP contribution in [0.5, 0.6) is 5.75 Å². The molecule has 0 bridgehead atoms. The number of likely N-dealkylation sites (tertiary alicyclic amines) is 1. The van der Waals surface area contributed by atoms with Crippen LogP contribution in [-0.4, -0.2) is 63.3 Å². The number of aryl methyl sites for hydroxylation is 1. The number of carboxylic acid groups (broad SMARTS) is 2. The third-order valence-electron chi connectivity index (χ3n) is 6.08. The Morgan fingerprint density at radius 1 is 1.26 bits per heavy atom. The van der Waals surface area contributed by atoms with Gasteiger partial charge in [-0.1, -0.05) is 31.2 Å². The maximum Gasteiger partial charge on any atom is 0.328 e. The largest absolute Gasteiger partial charge is 0.494 e. The second-order valence-corrected chi connectivity index (χ2v) is 9.52.